The van der Waals surface area contributed by atoms with E-state index in [1.54, 1.807) is 11.3 Å². The Bertz CT molecular complexity index is 369. The Morgan fingerprint density at radius 3 is 3.12 bits per heavy atom. The second kappa shape index (κ2) is 6.17. The Labute approximate surface area is 106 Å². The lowest BCUT2D eigenvalue weighted by molar-refractivity contribution is -0.121. The minimum Gasteiger partial charge on any atom is -0.378 e. The van der Waals surface area contributed by atoms with Gasteiger partial charge in [-0.2, -0.15) is 0 Å². The van der Waals surface area contributed by atoms with E-state index in [9.17, 15) is 4.79 Å². The zero-order chi connectivity index (χ0) is 12.1. The minimum absolute atomic E-state index is 0.131. The summed E-state index contributed by atoms with van der Waals surface area (Å²) in [5, 5.41) is 2.95. The summed E-state index contributed by atoms with van der Waals surface area (Å²) in [6, 6.07) is 4.15. The molecule has 1 aliphatic heterocycles. The lowest BCUT2D eigenvalue weighted by Gasteiger charge is -2.08. The van der Waals surface area contributed by atoms with Crippen molar-refractivity contribution in [3.05, 3.63) is 21.9 Å². The fourth-order valence-electron chi connectivity index (χ4n) is 2.02. The second-order valence-corrected chi connectivity index (χ2v) is 5.84. The van der Waals surface area contributed by atoms with E-state index in [-0.39, 0.29) is 5.91 Å². The van der Waals surface area contributed by atoms with Crippen LogP contribution >= 0.6 is 11.3 Å². The molecule has 1 amide bonds. The summed E-state index contributed by atoms with van der Waals surface area (Å²) in [6.07, 6.45) is 3.99. The quantitative estimate of drug-likeness (QED) is 0.876. The third-order valence-corrected chi connectivity index (χ3v) is 3.97. The first kappa shape index (κ1) is 12.6. The third-order valence-electron chi connectivity index (χ3n) is 2.97. The van der Waals surface area contributed by atoms with Crippen LogP contribution in [0.5, 0.6) is 0 Å². The van der Waals surface area contributed by atoms with Gasteiger partial charge in [0.15, 0.2) is 0 Å². The van der Waals surface area contributed by atoms with Crippen LogP contribution in [0.4, 0.5) is 0 Å². The zero-order valence-corrected chi connectivity index (χ0v) is 11.0. The topological polar surface area (TPSA) is 38.3 Å². The first-order valence-corrected chi connectivity index (χ1v) is 6.99. The van der Waals surface area contributed by atoms with E-state index in [0.29, 0.717) is 19.1 Å². The largest absolute Gasteiger partial charge is 0.378 e. The number of carbonyl (C=O) groups excluding carboxylic acids is 1. The highest BCUT2D eigenvalue weighted by molar-refractivity contribution is 7.11. The Balaban J connectivity index is 1.63. The van der Waals surface area contributed by atoms with Gasteiger partial charge in [0.2, 0.25) is 5.91 Å². The van der Waals surface area contributed by atoms with Gasteiger partial charge < -0.3 is 10.1 Å². The standard InChI is InChI=1S/C13H19NO2S/c1-10-4-6-12(17-10)9-14-13(15)7-5-11-3-2-8-16-11/h4,6,11H,2-3,5,7-9H2,1H3,(H,14,15). The summed E-state index contributed by atoms with van der Waals surface area (Å²) >= 11 is 1.73. The van der Waals surface area contributed by atoms with Crippen LogP contribution in [0.3, 0.4) is 0 Å². The molecule has 0 radical (unpaired) electrons. The van der Waals surface area contributed by atoms with Gasteiger partial charge in [0.05, 0.1) is 12.6 Å². The lowest BCUT2D eigenvalue weighted by atomic mass is 10.1. The van der Waals surface area contributed by atoms with Gasteiger partial charge in [-0.05, 0) is 38.3 Å². The smallest absolute Gasteiger partial charge is 0.220 e. The van der Waals surface area contributed by atoms with Gasteiger partial charge >= 0.3 is 0 Å². The predicted molar refractivity (Wildman–Crippen MR) is 69.1 cm³/mol. The SMILES string of the molecule is Cc1ccc(CNC(=O)CCC2CCCO2)s1. The Morgan fingerprint density at radius 2 is 2.47 bits per heavy atom. The molecule has 1 aromatic heterocycles. The molecule has 1 N–H and O–H groups in total. The maximum atomic E-state index is 11.6. The normalized spacial score (nSPS) is 19.5. The van der Waals surface area contributed by atoms with Crippen LogP contribution in [0.1, 0.15) is 35.4 Å². The molecule has 0 aromatic carbocycles. The monoisotopic (exact) mass is 253 g/mol. The molecule has 4 heteroatoms. The summed E-state index contributed by atoms with van der Waals surface area (Å²) in [7, 11) is 0. The van der Waals surface area contributed by atoms with E-state index < -0.39 is 0 Å². The average molecular weight is 253 g/mol. The molecule has 1 atom stereocenters. The number of hydrogen-bond acceptors (Lipinski definition) is 3. The van der Waals surface area contributed by atoms with Crippen molar-refractivity contribution in [2.24, 2.45) is 0 Å². The minimum atomic E-state index is 0.131. The van der Waals surface area contributed by atoms with Crippen molar-refractivity contribution in [1.82, 2.24) is 5.32 Å². The van der Waals surface area contributed by atoms with Gasteiger partial charge in [-0.3, -0.25) is 4.79 Å². The number of carbonyl (C=O) groups is 1. The van der Waals surface area contributed by atoms with Gasteiger partial charge in [0.1, 0.15) is 0 Å². The molecule has 1 fully saturated rings. The van der Waals surface area contributed by atoms with Gasteiger partial charge in [0, 0.05) is 22.8 Å². The van der Waals surface area contributed by atoms with Gasteiger partial charge in [-0.25, -0.2) is 0 Å². The van der Waals surface area contributed by atoms with Crippen LogP contribution in [-0.2, 0) is 16.1 Å². The molecule has 1 aliphatic rings. The van der Waals surface area contributed by atoms with Crippen molar-refractivity contribution >= 4 is 17.2 Å². The van der Waals surface area contributed by atoms with E-state index >= 15 is 0 Å². The van der Waals surface area contributed by atoms with E-state index in [0.717, 1.165) is 25.9 Å². The molecular formula is C13H19NO2S. The molecule has 0 spiro atoms. The molecular weight excluding hydrogens is 234 g/mol. The number of hydrogen-bond donors (Lipinski definition) is 1. The highest BCUT2D eigenvalue weighted by Gasteiger charge is 2.16. The van der Waals surface area contributed by atoms with Crippen LogP contribution < -0.4 is 5.32 Å². The molecule has 94 valence electrons. The van der Waals surface area contributed by atoms with E-state index in [1.807, 2.05) is 0 Å². The van der Waals surface area contributed by atoms with Gasteiger partial charge in [0.25, 0.3) is 0 Å². The average Bonchev–Trinajstić information content (AvgIpc) is 2.95. The highest BCUT2D eigenvalue weighted by Crippen LogP contribution is 2.17. The molecule has 2 heterocycles. The van der Waals surface area contributed by atoms with Gasteiger partial charge in [-0.15, -0.1) is 11.3 Å². The molecule has 1 saturated heterocycles. The third kappa shape index (κ3) is 4.13. The maximum Gasteiger partial charge on any atom is 0.220 e. The first-order chi connectivity index (χ1) is 8.24. The first-order valence-electron chi connectivity index (χ1n) is 6.17. The van der Waals surface area contributed by atoms with Crippen molar-refractivity contribution in [3.8, 4) is 0 Å². The lowest BCUT2D eigenvalue weighted by Crippen LogP contribution is -2.23. The number of amides is 1. The van der Waals surface area contributed by atoms with Crippen molar-refractivity contribution in [2.75, 3.05) is 6.61 Å². The fraction of sp³-hybridized carbons (Fsp3) is 0.615. The summed E-state index contributed by atoms with van der Waals surface area (Å²) in [6.45, 7) is 3.59. The van der Waals surface area contributed by atoms with Crippen molar-refractivity contribution in [1.29, 1.82) is 0 Å². The molecule has 1 aromatic rings. The van der Waals surface area contributed by atoms with E-state index in [2.05, 4.69) is 24.4 Å². The van der Waals surface area contributed by atoms with Crippen molar-refractivity contribution < 1.29 is 9.53 Å². The number of ether oxygens (including phenoxy) is 1. The molecule has 1 unspecified atom stereocenters. The molecule has 2 rings (SSSR count). The predicted octanol–water partition coefficient (Wildman–Crippen LogP) is 2.63. The number of aryl methyl sites for hydroxylation is 1. The number of rotatable bonds is 5. The van der Waals surface area contributed by atoms with E-state index in [4.69, 9.17) is 4.74 Å². The van der Waals surface area contributed by atoms with Crippen molar-refractivity contribution in [2.45, 2.75) is 45.3 Å². The summed E-state index contributed by atoms with van der Waals surface area (Å²) in [5.41, 5.74) is 0. The number of nitrogens with one attached hydrogen (secondary N) is 1. The van der Waals surface area contributed by atoms with Crippen LogP contribution in [0.25, 0.3) is 0 Å². The number of thiophene rings is 1. The van der Waals surface area contributed by atoms with E-state index in [1.165, 1.54) is 9.75 Å². The maximum absolute atomic E-state index is 11.6. The highest BCUT2D eigenvalue weighted by atomic mass is 32.1. The molecule has 17 heavy (non-hydrogen) atoms. The van der Waals surface area contributed by atoms with Crippen LogP contribution in [0, 0.1) is 6.92 Å². The Hall–Kier alpha value is -0.870. The van der Waals surface area contributed by atoms with Crippen LogP contribution in [0.2, 0.25) is 0 Å². The summed E-state index contributed by atoms with van der Waals surface area (Å²) < 4.78 is 5.49. The molecule has 0 aliphatic carbocycles. The Kier molecular flexibility index (Phi) is 4.57. The van der Waals surface area contributed by atoms with Crippen LogP contribution in [-0.4, -0.2) is 18.6 Å². The molecule has 0 bridgehead atoms. The molecule has 0 saturated carbocycles. The fourth-order valence-corrected chi connectivity index (χ4v) is 2.85. The second-order valence-electron chi connectivity index (χ2n) is 4.46. The molecule has 3 nitrogen and oxygen atoms in total. The summed E-state index contributed by atoms with van der Waals surface area (Å²) in [5.74, 6) is 0.131. The van der Waals surface area contributed by atoms with Gasteiger partial charge in [-0.1, -0.05) is 0 Å². The Morgan fingerprint density at radius 1 is 1.59 bits per heavy atom. The zero-order valence-electron chi connectivity index (χ0n) is 10.2. The van der Waals surface area contributed by atoms with Crippen LogP contribution in [0.15, 0.2) is 12.1 Å². The van der Waals surface area contributed by atoms with Crippen molar-refractivity contribution in [3.63, 3.8) is 0 Å². The summed E-state index contributed by atoms with van der Waals surface area (Å²) in [4.78, 5) is 14.1.